The first-order valence-electron chi connectivity index (χ1n) is 6.56. The number of ether oxygens (including phenoxy) is 2. The van der Waals surface area contributed by atoms with Crippen LogP contribution in [0.1, 0.15) is 23.7 Å². The molecule has 4 heteroatoms. The van der Waals surface area contributed by atoms with Gasteiger partial charge < -0.3 is 9.47 Å². The number of benzene rings is 1. The van der Waals surface area contributed by atoms with Crippen molar-refractivity contribution in [2.75, 3.05) is 7.11 Å². The number of nitrogens with zero attached hydrogens (tertiary/aromatic N) is 1. The molecule has 0 saturated heterocycles. The predicted octanol–water partition coefficient (Wildman–Crippen LogP) is 3.97. The minimum atomic E-state index is 0.457. The van der Waals surface area contributed by atoms with Crippen LogP contribution in [0.3, 0.4) is 0 Å². The van der Waals surface area contributed by atoms with Crippen molar-refractivity contribution in [1.82, 2.24) is 4.98 Å². The lowest BCUT2D eigenvalue weighted by molar-refractivity contribution is 0.292. The van der Waals surface area contributed by atoms with Crippen molar-refractivity contribution in [2.45, 2.75) is 25.8 Å². The van der Waals surface area contributed by atoms with Crippen molar-refractivity contribution in [1.29, 1.82) is 0 Å². The van der Waals surface area contributed by atoms with Gasteiger partial charge in [-0.1, -0.05) is 19.1 Å². The molecule has 1 aromatic carbocycles. The maximum absolute atomic E-state index is 5.88. The van der Waals surface area contributed by atoms with Gasteiger partial charge in [-0.15, -0.1) is 11.6 Å². The van der Waals surface area contributed by atoms with E-state index >= 15 is 0 Å². The number of halogens is 1. The van der Waals surface area contributed by atoms with Gasteiger partial charge in [0.1, 0.15) is 12.4 Å². The van der Waals surface area contributed by atoms with Gasteiger partial charge in [0.2, 0.25) is 5.88 Å². The topological polar surface area (TPSA) is 31.4 Å². The molecular weight excluding hydrogens is 274 g/mol. The zero-order chi connectivity index (χ0) is 14.4. The Balaban J connectivity index is 2.09. The highest BCUT2D eigenvalue weighted by molar-refractivity contribution is 6.17. The Kier molecular flexibility index (Phi) is 5.24. The summed E-state index contributed by atoms with van der Waals surface area (Å²) in [4.78, 5) is 4.45. The highest BCUT2D eigenvalue weighted by atomic mass is 35.5. The average molecular weight is 292 g/mol. The van der Waals surface area contributed by atoms with Gasteiger partial charge >= 0.3 is 0 Å². The second kappa shape index (κ2) is 7.15. The summed E-state index contributed by atoms with van der Waals surface area (Å²) in [5.41, 5.74) is 3.06. The van der Waals surface area contributed by atoms with Gasteiger partial charge in [0, 0.05) is 17.6 Å². The molecule has 1 heterocycles. The molecule has 0 fully saturated rings. The fourth-order valence-corrected chi connectivity index (χ4v) is 2.03. The van der Waals surface area contributed by atoms with Gasteiger partial charge in [0.05, 0.1) is 7.11 Å². The summed E-state index contributed by atoms with van der Waals surface area (Å²) >= 11 is 5.88. The molecule has 2 rings (SSSR count). The van der Waals surface area contributed by atoms with E-state index in [1.165, 1.54) is 0 Å². The molecule has 0 radical (unpaired) electrons. The molecule has 0 amide bonds. The monoisotopic (exact) mass is 291 g/mol. The Bertz CT molecular complexity index is 550. The maximum Gasteiger partial charge on any atom is 0.214 e. The van der Waals surface area contributed by atoms with Crippen LogP contribution in [-0.4, -0.2) is 12.1 Å². The lowest BCUT2D eigenvalue weighted by Gasteiger charge is -2.09. The van der Waals surface area contributed by atoms with E-state index in [1.54, 1.807) is 7.11 Å². The van der Waals surface area contributed by atoms with Crippen LogP contribution in [0.4, 0.5) is 0 Å². The molecule has 1 aromatic heterocycles. The zero-order valence-corrected chi connectivity index (χ0v) is 12.5. The van der Waals surface area contributed by atoms with Crippen LogP contribution in [0, 0.1) is 0 Å². The van der Waals surface area contributed by atoms with Crippen molar-refractivity contribution in [2.24, 2.45) is 0 Å². The first-order chi connectivity index (χ1) is 9.75. The van der Waals surface area contributed by atoms with E-state index in [2.05, 4.69) is 11.9 Å². The van der Waals surface area contributed by atoms with Gasteiger partial charge in [0.15, 0.2) is 0 Å². The fourth-order valence-electron chi connectivity index (χ4n) is 1.87. The van der Waals surface area contributed by atoms with E-state index in [9.17, 15) is 0 Å². The van der Waals surface area contributed by atoms with Crippen molar-refractivity contribution >= 4 is 11.6 Å². The van der Waals surface area contributed by atoms with Crippen LogP contribution in [0.25, 0.3) is 0 Å². The average Bonchev–Trinajstić information content (AvgIpc) is 2.52. The highest BCUT2D eigenvalue weighted by Gasteiger charge is 2.03. The number of hydrogen-bond acceptors (Lipinski definition) is 3. The number of aryl methyl sites for hydroxylation is 1. The van der Waals surface area contributed by atoms with Crippen LogP contribution < -0.4 is 9.47 Å². The molecule has 2 aromatic rings. The van der Waals surface area contributed by atoms with Crippen molar-refractivity contribution in [3.63, 3.8) is 0 Å². The molecule has 3 nitrogen and oxygen atoms in total. The SMILES string of the molecule is CCc1cc(CCl)cc(OCc2cccc(OC)c2)n1. The first kappa shape index (κ1) is 14.7. The minimum Gasteiger partial charge on any atom is -0.497 e. The van der Waals surface area contributed by atoms with Gasteiger partial charge in [-0.3, -0.25) is 0 Å². The van der Waals surface area contributed by atoms with Crippen LogP contribution in [0.5, 0.6) is 11.6 Å². The molecule has 0 unspecified atom stereocenters. The largest absolute Gasteiger partial charge is 0.497 e. The van der Waals surface area contributed by atoms with Crippen molar-refractivity contribution < 1.29 is 9.47 Å². The standard InChI is InChI=1S/C16H18ClNO2/c1-3-14-7-13(10-17)9-16(18-14)20-11-12-5-4-6-15(8-12)19-2/h4-9H,3,10-11H2,1-2H3. The van der Waals surface area contributed by atoms with Crippen molar-refractivity contribution in [3.8, 4) is 11.6 Å². The molecule has 0 aliphatic heterocycles. The Hall–Kier alpha value is -1.74. The molecular formula is C16H18ClNO2. The zero-order valence-electron chi connectivity index (χ0n) is 11.7. The lowest BCUT2D eigenvalue weighted by atomic mass is 10.2. The molecule has 0 atom stereocenters. The van der Waals surface area contributed by atoms with Gasteiger partial charge in [0.25, 0.3) is 0 Å². The van der Waals surface area contributed by atoms with Crippen LogP contribution in [0.15, 0.2) is 36.4 Å². The number of methoxy groups -OCH3 is 1. The molecule has 0 aliphatic carbocycles. The van der Waals surface area contributed by atoms with Crippen molar-refractivity contribution in [3.05, 3.63) is 53.2 Å². The minimum absolute atomic E-state index is 0.457. The van der Waals surface area contributed by atoms with E-state index in [0.717, 1.165) is 29.0 Å². The van der Waals surface area contributed by atoms with Gasteiger partial charge in [-0.25, -0.2) is 4.98 Å². The summed E-state index contributed by atoms with van der Waals surface area (Å²) in [6.07, 6.45) is 0.861. The Labute approximate surface area is 124 Å². The number of hydrogen-bond donors (Lipinski definition) is 0. The molecule has 0 N–H and O–H groups in total. The molecule has 20 heavy (non-hydrogen) atoms. The molecule has 0 saturated carbocycles. The van der Waals surface area contributed by atoms with E-state index in [4.69, 9.17) is 21.1 Å². The second-order valence-electron chi connectivity index (χ2n) is 4.43. The second-order valence-corrected chi connectivity index (χ2v) is 4.70. The third kappa shape index (κ3) is 3.87. The number of aromatic nitrogens is 1. The maximum atomic E-state index is 5.88. The molecule has 0 spiro atoms. The van der Waals surface area contributed by atoms with Crippen LogP contribution >= 0.6 is 11.6 Å². The Morgan fingerprint density at radius 1 is 1.15 bits per heavy atom. The third-order valence-corrected chi connectivity index (χ3v) is 3.26. The van der Waals surface area contributed by atoms with Crippen LogP contribution in [-0.2, 0) is 18.9 Å². The fraction of sp³-hybridized carbons (Fsp3) is 0.312. The van der Waals surface area contributed by atoms with Crippen LogP contribution in [0.2, 0.25) is 0 Å². The van der Waals surface area contributed by atoms with Gasteiger partial charge in [-0.2, -0.15) is 0 Å². The van der Waals surface area contributed by atoms with E-state index in [1.807, 2.05) is 36.4 Å². The summed E-state index contributed by atoms with van der Waals surface area (Å²) in [5, 5.41) is 0. The smallest absolute Gasteiger partial charge is 0.214 e. The quantitative estimate of drug-likeness (QED) is 0.755. The van der Waals surface area contributed by atoms with E-state index in [0.29, 0.717) is 18.4 Å². The summed E-state index contributed by atoms with van der Waals surface area (Å²) in [6, 6.07) is 11.7. The first-order valence-corrected chi connectivity index (χ1v) is 7.10. The van der Waals surface area contributed by atoms with E-state index in [-0.39, 0.29) is 0 Å². The summed E-state index contributed by atoms with van der Waals surface area (Å²) in [6.45, 7) is 2.52. The number of pyridine rings is 1. The third-order valence-electron chi connectivity index (χ3n) is 2.95. The lowest BCUT2D eigenvalue weighted by Crippen LogP contribution is -2.00. The number of rotatable bonds is 6. The number of alkyl halides is 1. The summed E-state index contributed by atoms with van der Waals surface area (Å²) < 4.78 is 10.9. The molecule has 106 valence electrons. The normalized spacial score (nSPS) is 10.3. The Morgan fingerprint density at radius 3 is 2.70 bits per heavy atom. The van der Waals surface area contributed by atoms with Gasteiger partial charge in [-0.05, 0) is 35.7 Å². The van der Waals surface area contributed by atoms with E-state index < -0.39 is 0 Å². The highest BCUT2D eigenvalue weighted by Crippen LogP contribution is 2.18. The molecule has 0 bridgehead atoms. The molecule has 0 aliphatic rings. The summed E-state index contributed by atoms with van der Waals surface area (Å²) in [7, 11) is 1.65. The predicted molar refractivity (Wildman–Crippen MR) is 80.5 cm³/mol. The Morgan fingerprint density at radius 2 is 2.00 bits per heavy atom. The summed E-state index contributed by atoms with van der Waals surface area (Å²) in [5.74, 6) is 1.90.